The first-order valence-electron chi connectivity index (χ1n) is 7.49. The second-order valence-corrected chi connectivity index (χ2v) is 5.70. The number of benzene rings is 2. The third-order valence-corrected chi connectivity index (χ3v) is 3.57. The molecular formula is C19H19ClN2O2. The van der Waals surface area contributed by atoms with E-state index in [4.69, 9.17) is 16.3 Å². The lowest BCUT2D eigenvalue weighted by atomic mass is 10.1. The first-order valence-corrected chi connectivity index (χ1v) is 7.86. The zero-order valence-electron chi connectivity index (χ0n) is 13.6. The Labute approximate surface area is 146 Å². The van der Waals surface area contributed by atoms with Gasteiger partial charge < -0.3 is 4.74 Å². The van der Waals surface area contributed by atoms with E-state index in [1.807, 2.05) is 50.3 Å². The van der Waals surface area contributed by atoms with Crippen LogP contribution in [0.2, 0.25) is 5.02 Å². The van der Waals surface area contributed by atoms with Crippen molar-refractivity contribution in [1.29, 1.82) is 0 Å². The lowest BCUT2D eigenvalue weighted by Gasteiger charge is -2.06. The normalized spacial score (nSPS) is 11.5. The third kappa shape index (κ3) is 5.89. The summed E-state index contributed by atoms with van der Waals surface area (Å²) in [7, 11) is 0. The van der Waals surface area contributed by atoms with Gasteiger partial charge in [-0.2, -0.15) is 5.10 Å². The van der Waals surface area contributed by atoms with Crippen LogP contribution in [0.5, 0.6) is 5.75 Å². The van der Waals surface area contributed by atoms with Gasteiger partial charge >= 0.3 is 0 Å². The van der Waals surface area contributed by atoms with Crippen LogP contribution in [0.1, 0.15) is 18.1 Å². The summed E-state index contributed by atoms with van der Waals surface area (Å²) in [5, 5.41) is 4.58. The highest BCUT2D eigenvalue weighted by Crippen LogP contribution is 2.20. The van der Waals surface area contributed by atoms with Crippen LogP contribution in [0, 0.1) is 6.92 Å². The van der Waals surface area contributed by atoms with Crippen LogP contribution >= 0.6 is 11.6 Å². The van der Waals surface area contributed by atoms with Crippen molar-refractivity contribution in [2.75, 3.05) is 6.61 Å². The number of nitrogens with one attached hydrogen (secondary N) is 1. The zero-order valence-corrected chi connectivity index (χ0v) is 14.4. The van der Waals surface area contributed by atoms with Crippen molar-refractivity contribution in [3.8, 4) is 5.75 Å². The summed E-state index contributed by atoms with van der Waals surface area (Å²) in [6, 6.07) is 15.1. The molecule has 5 heteroatoms. The molecule has 0 saturated heterocycles. The molecule has 0 unspecified atom stereocenters. The predicted octanol–water partition coefficient (Wildman–Crippen LogP) is 4.23. The largest absolute Gasteiger partial charge is 0.484 e. The molecule has 0 spiro atoms. The van der Waals surface area contributed by atoms with Gasteiger partial charge in [-0.1, -0.05) is 48.0 Å². The fourth-order valence-corrected chi connectivity index (χ4v) is 2.06. The topological polar surface area (TPSA) is 50.7 Å². The minimum Gasteiger partial charge on any atom is -0.484 e. The number of carbonyl (C=O) groups excluding carboxylic acids is 1. The maximum absolute atomic E-state index is 11.7. The van der Waals surface area contributed by atoms with Crippen LogP contribution < -0.4 is 10.2 Å². The smallest absolute Gasteiger partial charge is 0.277 e. The van der Waals surface area contributed by atoms with E-state index < -0.39 is 0 Å². The van der Waals surface area contributed by atoms with E-state index in [0.717, 1.165) is 16.7 Å². The fourth-order valence-electron chi connectivity index (χ4n) is 1.94. The van der Waals surface area contributed by atoms with Gasteiger partial charge in [0.15, 0.2) is 6.61 Å². The van der Waals surface area contributed by atoms with E-state index in [1.165, 1.54) is 0 Å². The Hall–Kier alpha value is -2.59. The molecule has 0 aromatic heterocycles. The first kappa shape index (κ1) is 17.8. The van der Waals surface area contributed by atoms with Crippen LogP contribution in [0.4, 0.5) is 0 Å². The van der Waals surface area contributed by atoms with Crippen LogP contribution in [-0.2, 0) is 4.79 Å². The molecule has 1 amide bonds. The maximum atomic E-state index is 11.7. The number of hydrazone groups is 1. The van der Waals surface area contributed by atoms with Gasteiger partial charge in [0.1, 0.15) is 5.75 Å². The van der Waals surface area contributed by atoms with Gasteiger partial charge in [-0.25, -0.2) is 5.43 Å². The number of rotatable bonds is 6. The number of aryl methyl sites for hydroxylation is 1. The first-order chi connectivity index (χ1) is 11.5. The monoisotopic (exact) mass is 342 g/mol. The van der Waals surface area contributed by atoms with Gasteiger partial charge in [0.2, 0.25) is 0 Å². The third-order valence-electron chi connectivity index (χ3n) is 3.15. The Morgan fingerprint density at radius 1 is 1.25 bits per heavy atom. The molecule has 0 bridgehead atoms. The summed E-state index contributed by atoms with van der Waals surface area (Å²) in [5.41, 5.74) is 5.34. The molecule has 2 aromatic carbocycles. The maximum Gasteiger partial charge on any atom is 0.277 e. The van der Waals surface area contributed by atoms with Crippen molar-refractivity contribution in [3.05, 3.63) is 70.3 Å². The van der Waals surface area contributed by atoms with Crippen LogP contribution in [0.25, 0.3) is 6.08 Å². The molecule has 0 aliphatic carbocycles. The SMILES string of the molecule is CC(/C=N/NC(=O)COc1ccc(Cl)c(C)c1)=C\c1ccccc1. The molecule has 0 heterocycles. The standard InChI is InChI=1S/C19H19ClN2O2/c1-14(10-16-6-4-3-5-7-16)12-21-22-19(23)13-24-17-8-9-18(20)15(2)11-17/h3-12H,13H2,1-2H3,(H,22,23)/b14-10+,21-12+. The zero-order chi connectivity index (χ0) is 17.4. The van der Waals surface area contributed by atoms with E-state index in [1.54, 1.807) is 24.4 Å². The molecule has 2 rings (SSSR count). The van der Waals surface area contributed by atoms with Crippen molar-refractivity contribution in [3.63, 3.8) is 0 Å². The highest BCUT2D eigenvalue weighted by atomic mass is 35.5. The number of carbonyl (C=O) groups is 1. The molecule has 0 atom stereocenters. The Bertz CT molecular complexity index is 755. The molecule has 4 nitrogen and oxygen atoms in total. The Kier molecular flexibility index (Phi) is 6.58. The van der Waals surface area contributed by atoms with E-state index in [0.29, 0.717) is 10.8 Å². The van der Waals surface area contributed by atoms with Crippen molar-refractivity contribution >= 4 is 29.8 Å². The number of allylic oxidation sites excluding steroid dienone is 1. The molecule has 124 valence electrons. The van der Waals surface area contributed by atoms with Gasteiger partial charge in [-0.05, 0) is 48.7 Å². The minimum absolute atomic E-state index is 0.111. The number of hydrogen-bond acceptors (Lipinski definition) is 3. The average Bonchev–Trinajstić information content (AvgIpc) is 2.57. The van der Waals surface area contributed by atoms with Gasteiger partial charge in [0.05, 0.1) is 6.21 Å². The Morgan fingerprint density at radius 2 is 2.00 bits per heavy atom. The molecule has 1 N–H and O–H groups in total. The van der Waals surface area contributed by atoms with Gasteiger partial charge in [0.25, 0.3) is 5.91 Å². The summed E-state index contributed by atoms with van der Waals surface area (Å²) in [5.74, 6) is 0.266. The van der Waals surface area contributed by atoms with Crippen LogP contribution in [0.15, 0.2) is 59.2 Å². The number of nitrogens with zero attached hydrogens (tertiary/aromatic N) is 1. The second kappa shape index (κ2) is 8.89. The number of ether oxygens (including phenoxy) is 1. The highest BCUT2D eigenvalue weighted by Gasteiger charge is 2.03. The lowest BCUT2D eigenvalue weighted by molar-refractivity contribution is -0.123. The lowest BCUT2D eigenvalue weighted by Crippen LogP contribution is -2.24. The molecule has 2 aromatic rings. The molecule has 0 fully saturated rings. The molecule has 0 aliphatic rings. The van der Waals surface area contributed by atoms with E-state index in [9.17, 15) is 4.79 Å². The summed E-state index contributed by atoms with van der Waals surface area (Å²) in [6.45, 7) is 3.68. The summed E-state index contributed by atoms with van der Waals surface area (Å²) >= 11 is 5.94. The van der Waals surface area contributed by atoms with E-state index >= 15 is 0 Å². The second-order valence-electron chi connectivity index (χ2n) is 5.29. The Morgan fingerprint density at radius 3 is 2.71 bits per heavy atom. The highest BCUT2D eigenvalue weighted by molar-refractivity contribution is 6.31. The van der Waals surface area contributed by atoms with Gasteiger partial charge in [0, 0.05) is 5.02 Å². The van der Waals surface area contributed by atoms with E-state index in [-0.39, 0.29) is 12.5 Å². The summed E-state index contributed by atoms with van der Waals surface area (Å²) < 4.78 is 5.40. The van der Waals surface area contributed by atoms with Crippen LogP contribution in [-0.4, -0.2) is 18.7 Å². The molecule has 0 aliphatic heterocycles. The van der Waals surface area contributed by atoms with Gasteiger partial charge in [-0.3, -0.25) is 4.79 Å². The van der Waals surface area contributed by atoms with E-state index in [2.05, 4.69) is 10.5 Å². The van der Waals surface area contributed by atoms with Crippen LogP contribution in [0.3, 0.4) is 0 Å². The molecule has 0 radical (unpaired) electrons. The minimum atomic E-state index is -0.327. The van der Waals surface area contributed by atoms with Crippen molar-refractivity contribution in [2.45, 2.75) is 13.8 Å². The van der Waals surface area contributed by atoms with Crippen molar-refractivity contribution < 1.29 is 9.53 Å². The Balaban J connectivity index is 1.80. The molecular weight excluding hydrogens is 324 g/mol. The number of halogens is 1. The van der Waals surface area contributed by atoms with Crippen molar-refractivity contribution in [2.24, 2.45) is 5.10 Å². The summed E-state index contributed by atoms with van der Waals surface area (Å²) in [6.07, 6.45) is 3.57. The molecule has 24 heavy (non-hydrogen) atoms. The number of amides is 1. The number of hydrogen-bond donors (Lipinski definition) is 1. The molecule has 0 saturated carbocycles. The summed E-state index contributed by atoms with van der Waals surface area (Å²) in [4.78, 5) is 11.7. The quantitative estimate of drug-likeness (QED) is 0.630. The average molecular weight is 343 g/mol. The van der Waals surface area contributed by atoms with Gasteiger partial charge in [-0.15, -0.1) is 0 Å². The predicted molar refractivity (Wildman–Crippen MR) is 98.4 cm³/mol. The van der Waals surface area contributed by atoms with Crippen molar-refractivity contribution in [1.82, 2.24) is 5.43 Å². The fraction of sp³-hybridized carbons (Fsp3) is 0.158.